The highest BCUT2D eigenvalue weighted by Crippen LogP contribution is 2.19. The van der Waals surface area contributed by atoms with Gasteiger partial charge in [-0.3, -0.25) is 5.10 Å². The van der Waals surface area contributed by atoms with E-state index in [-0.39, 0.29) is 0 Å². The van der Waals surface area contributed by atoms with Crippen LogP contribution in [0.5, 0.6) is 0 Å². The molecule has 1 unspecified atom stereocenters. The lowest BCUT2D eigenvalue weighted by Gasteiger charge is -2.10. The molecule has 0 amide bonds. The van der Waals surface area contributed by atoms with Gasteiger partial charge in [0.25, 0.3) is 0 Å². The zero-order valence-electron chi connectivity index (χ0n) is 9.73. The number of hydrogen-bond acceptors (Lipinski definition) is 5. The van der Waals surface area contributed by atoms with Gasteiger partial charge in [-0.15, -0.1) is 0 Å². The summed E-state index contributed by atoms with van der Waals surface area (Å²) in [6.07, 6.45) is 4.11. The normalized spacial score (nSPS) is 19.9. The van der Waals surface area contributed by atoms with E-state index in [0.29, 0.717) is 6.10 Å². The number of nitrogens with one attached hydrogen (secondary N) is 2. The Hall–Kier alpha value is -1.69. The highest BCUT2D eigenvalue weighted by molar-refractivity contribution is 5.86. The molecule has 1 saturated heterocycles. The van der Waals surface area contributed by atoms with Crippen molar-refractivity contribution in [2.45, 2.75) is 25.9 Å². The first-order valence-corrected chi connectivity index (χ1v) is 5.86. The van der Waals surface area contributed by atoms with Crippen LogP contribution in [0.2, 0.25) is 0 Å². The lowest BCUT2D eigenvalue weighted by molar-refractivity contribution is 0.120. The zero-order chi connectivity index (χ0) is 11.7. The summed E-state index contributed by atoms with van der Waals surface area (Å²) in [7, 11) is 0. The average molecular weight is 233 g/mol. The van der Waals surface area contributed by atoms with Crippen LogP contribution in [0.3, 0.4) is 0 Å². The summed E-state index contributed by atoms with van der Waals surface area (Å²) >= 11 is 0. The molecule has 6 heteroatoms. The molecule has 3 rings (SSSR count). The molecular weight excluding hydrogens is 218 g/mol. The van der Waals surface area contributed by atoms with E-state index in [1.165, 1.54) is 0 Å². The number of hydrogen-bond donors (Lipinski definition) is 2. The van der Waals surface area contributed by atoms with Crippen molar-refractivity contribution in [1.82, 2.24) is 20.2 Å². The molecule has 3 heterocycles. The summed E-state index contributed by atoms with van der Waals surface area (Å²) in [4.78, 5) is 8.43. The fourth-order valence-corrected chi connectivity index (χ4v) is 2.10. The lowest BCUT2D eigenvalue weighted by atomic mass is 10.2. The number of anilines is 1. The Labute approximate surface area is 98.8 Å². The summed E-state index contributed by atoms with van der Waals surface area (Å²) in [6, 6.07) is 0. The zero-order valence-corrected chi connectivity index (χ0v) is 9.73. The maximum Gasteiger partial charge on any atom is 0.158 e. The molecular formula is C11H15N5O. The molecule has 2 N–H and O–H groups in total. The van der Waals surface area contributed by atoms with Gasteiger partial charge in [0.2, 0.25) is 0 Å². The van der Waals surface area contributed by atoms with E-state index in [9.17, 15) is 0 Å². The SMILES string of the molecule is Cc1[nH]nc2c(NCC3CCCO3)ncnc12. The Kier molecular flexibility index (Phi) is 2.64. The number of rotatable bonds is 3. The van der Waals surface area contributed by atoms with Gasteiger partial charge in [0.15, 0.2) is 11.3 Å². The van der Waals surface area contributed by atoms with Crippen molar-refractivity contribution < 1.29 is 4.74 Å². The number of aromatic amines is 1. The molecule has 0 aliphatic carbocycles. The van der Waals surface area contributed by atoms with Crippen LogP contribution in [0.25, 0.3) is 11.0 Å². The molecule has 0 bridgehead atoms. The van der Waals surface area contributed by atoms with Crippen LogP contribution < -0.4 is 5.32 Å². The number of aromatic nitrogens is 4. The van der Waals surface area contributed by atoms with Gasteiger partial charge in [0.1, 0.15) is 11.8 Å². The molecule has 2 aromatic heterocycles. The molecule has 1 atom stereocenters. The molecule has 17 heavy (non-hydrogen) atoms. The first-order chi connectivity index (χ1) is 8.34. The van der Waals surface area contributed by atoms with E-state index in [4.69, 9.17) is 4.74 Å². The summed E-state index contributed by atoms with van der Waals surface area (Å²) in [5.41, 5.74) is 2.63. The molecule has 6 nitrogen and oxygen atoms in total. The first-order valence-electron chi connectivity index (χ1n) is 5.86. The molecule has 0 radical (unpaired) electrons. The van der Waals surface area contributed by atoms with Crippen LogP contribution in [0.1, 0.15) is 18.5 Å². The second kappa shape index (κ2) is 4.29. The number of fused-ring (bicyclic) bond motifs is 1. The standard InChI is InChI=1S/C11H15N5O/c1-7-9-10(16-15-7)11(14-6-13-9)12-5-8-3-2-4-17-8/h6,8H,2-5H2,1H3,(H,15,16)(H,12,13,14). The topological polar surface area (TPSA) is 75.7 Å². The highest BCUT2D eigenvalue weighted by atomic mass is 16.5. The van der Waals surface area contributed by atoms with E-state index in [2.05, 4.69) is 25.5 Å². The fourth-order valence-electron chi connectivity index (χ4n) is 2.10. The summed E-state index contributed by atoms with van der Waals surface area (Å²) in [5, 5.41) is 10.4. The van der Waals surface area contributed by atoms with Crippen LogP contribution >= 0.6 is 0 Å². The van der Waals surface area contributed by atoms with Crippen LogP contribution in [0.4, 0.5) is 5.82 Å². The minimum atomic E-state index is 0.292. The Morgan fingerprint density at radius 3 is 3.24 bits per heavy atom. The number of ether oxygens (including phenoxy) is 1. The molecule has 1 aliphatic heterocycles. The van der Waals surface area contributed by atoms with E-state index in [1.54, 1.807) is 6.33 Å². The average Bonchev–Trinajstić information content (AvgIpc) is 2.97. The van der Waals surface area contributed by atoms with Crippen LogP contribution in [-0.2, 0) is 4.74 Å². The first kappa shape index (κ1) is 10.5. The van der Waals surface area contributed by atoms with Crippen molar-refractivity contribution in [2.24, 2.45) is 0 Å². The van der Waals surface area contributed by atoms with Crippen LogP contribution in [0.15, 0.2) is 6.33 Å². The summed E-state index contributed by atoms with van der Waals surface area (Å²) in [5.74, 6) is 0.773. The Balaban J connectivity index is 1.79. The van der Waals surface area contributed by atoms with Crippen LogP contribution in [0, 0.1) is 6.92 Å². The fraction of sp³-hybridized carbons (Fsp3) is 0.545. The maximum atomic E-state index is 5.56. The molecule has 1 fully saturated rings. The Morgan fingerprint density at radius 1 is 1.47 bits per heavy atom. The van der Waals surface area contributed by atoms with Gasteiger partial charge in [-0.2, -0.15) is 5.10 Å². The molecule has 0 aromatic carbocycles. The van der Waals surface area contributed by atoms with E-state index >= 15 is 0 Å². The highest BCUT2D eigenvalue weighted by Gasteiger charge is 2.16. The minimum absolute atomic E-state index is 0.292. The van der Waals surface area contributed by atoms with Crippen molar-refractivity contribution in [3.8, 4) is 0 Å². The van der Waals surface area contributed by atoms with Crippen molar-refractivity contribution >= 4 is 16.9 Å². The maximum absolute atomic E-state index is 5.56. The monoisotopic (exact) mass is 233 g/mol. The molecule has 1 aliphatic rings. The molecule has 90 valence electrons. The second-order valence-electron chi connectivity index (χ2n) is 4.28. The van der Waals surface area contributed by atoms with Gasteiger partial charge in [0.05, 0.1) is 11.8 Å². The molecule has 0 saturated carbocycles. The number of aryl methyl sites for hydroxylation is 1. The van der Waals surface area contributed by atoms with Gasteiger partial charge < -0.3 is 10.1 Å². The van der Waals surface area contributed by atoms with Gasteiger partial charge in [-0.25, -0.2) is 9.97 Å². The third kappa shape index (κ3) is 1.95. The number of nitrogens with zero attached hydrogens (tertiary/aromatic N) is 3. The van der Waals surface area contributed by atoms with E-state index < -0.39 is 0 Å². The predicted octanol–water partition coefficient (Wildman–Crippen LogP) is 1.25. The minimum Gasteiger partial charge on any atom is -0.376 e. The Morgan fingerprint density at radius 2 is 2.41 bits per heavy atom. The van der Waals surface area contributed by atoms with Crippen molar-refractivity contribution in [3.63, 3.8) is 0 Å². The lowest BCUT2D eigenvalue weighted by Crippen LogP contribution is -2.19. The number of H-pyrrole nitrogens is 1. The quantitative estimate of drug-likeness (QED) is 0.834. The van der Waals surface area contributed by atoms with E-state index in [0.717, 1.165) is 48.5 Å². The van der Waals surface area contributed by atoms with Crippen molar-refractivity contribution in [2.75, 3.05) is 18.5 Å². The summed E-state index contributed by atoms with van der Waals surface area (Å²) in [6.45, 7) is 3.59. The Bertz CT molecular complexity index is 518. The van der Waals surface area contributed by atoms with Gasteiger partial charge in [-0.1, -0.05) is 0 Å². The molecule has 0 spiro atoms. The molecule has 2 aromatic rings. The smallest absolute Gasteiger partial charge is 0.158 e. The third-order valence-electron chi connectivity index (χ3n) is 3.03. The summed E-state index contributed by atoms with van der Waals surface area (Å²) < 4.78 is 5.56. The van der Waals surface area contributed by atoms with Crippen molar-refractivity contribution in [1.29, 1.82) is 0 Å². The van der Waals surface area contributed by atoms with Gasteiger partial charge >= 0.3 is 0 Å². The van der Waals surface area contributed by atoms with Gasteiger partial charge in [-0.05, 0) is 19.8 Å². The third-order valence-corrected chi connectivity index (χ3v) is 3.03. The predicted molar refractivity (Wildman–Crippen MR) is 63.9 cm³/mol. The van der Waals surface area contributed by atoms with E-state index in [1.807, 2.05) is 6.92 Å². The van der Waals surface area contributed by atoms with Gasteiger partial charge in [0, 0.05) is 13.2 Å². The van der Waals surface area contributed by atoms with Crippen molar-refractivity contribution in [3.05, 3.63) is 12.0 Å². The second-order valence-corrected chi connectivity index (χ2v) is 4.28. The van der Waals surface area contributed by atoms with Crippen LogP contribution in [-0.4, -0.2) is 39.4 Å². The largest absolute Gasteiger partial charge is 0.376 e.